The monoisotopic (exact) mass is 250 g/mol. The number of rotatable bonds is 2. The van der Waals surface area contributed by atoms with Gasteiger partial charge in [0.05, 0.1) is 5.69 Å². The molecule has 2 heterocycles. The largest absolute Gasteiger partial charge is 0.373 e. The second-order valence-corrected chi connectivity index (χ2v) is 4.34. The third-order valence-electron chi connectivity index (χ3n) is 3.05. The molecule has 94 valence electrons. The van der Waals surface area contributed by atoms with E-state index >= 15 is 0 Å². The number of nitrogens with one attached hydrogen (secondary N) is 1. The van der Waals surface area contributed by atoms with Gasteiger partial charge in [0.15, 0.2) is 0 Å². The zero-order chi connectivity index (χ0) is 13.2. The third kappa shape index (κ3) is 2.12. The van der Waals surface area contributed by atoms with Crippen molar-refractivity contribution in [1.29, 1.82) is 0 Å². The highest BCUT2D eigenvalue weighted by molar-refractivity contribution is 5.95. The first kappa shape index (κ1) is 11.6. The highest BCUT2D eigenvalue weighted by atomic mass is 15.0. The Morgan fingerprint density at radius 1 is 1.11 bits per heavy atom. The smallest absolute Gasteiger partial charge is 0.130 e. The van der Waals surface area contributed by atoms with Crippen molar-refractivity contribution in [3.05, 3.63) is 48.5 Å². The summed E-state index contributed by atoms with van der Waals surface area (Å²) in [5, 5.41) is 5.33. The summed E-state index contributed by atoms with van der Waals surface area (Å²) in [7, 11) is 1.86. The van der Waals surface area contributed by atoms with Crippen molar-refractivity contribution in [2.45, 2.75) is 6.92 Å². The molecule has 19 heavy (non-hydrogen) atoms. The molecule has 3 rings (SSSR count). The molecule has 4 heteroatoms. The number of fused-ring (bicyclic) bond motifs is 1. The van der Waals surface area contributed by atoms with Gasteiger partial charge in [0.2, 0.25) is 0 Å². The number of aromatic nitrogens is 3. The minimum atomic E-state index is 0.757. The van der Waals surface area contributed by atoms with Gasteiger partial charge in [-0.15, -0.1) is 0 Å². The van der Waals surface area contributed by atoms with E-state index in [4.69, 9.17) is 0 Å². The highest BCUT2D eigenvalue weighted by Gasteiger charge is 2.07. The van der Waals surface area contributed by atoms with E-state index in [0.717, 1.165) is 33.7 Å². The van der Waals surface area contributed by atoms with E-state index in [2.05, 4.69) is 32.4 Å². The topological polar surface area (TPSA) is 50.7 Å². The molecule has 0 spiro atoms. The summed E-state index contributed by atoms with van der Waals surface area (Å²) in [6, 6.07) is 10.1. The Labute approximate surface area is 111 Å². The molecule has 1 aromatic carbocycles. The molecule has 0 fully saturated rings. The first-order valence-electron chi connectivity index (χ1n) is 6.14. The van der Waals surface area contributed by atoms with Gasteiger partial charge in [-0.1, -0.05) is 18.2 Å². The van der Waals surface area contributed by atoms with E-state index in [9.17, 15) is 0 Å². The summed E-state index contributed by atoms with van der Waals surface area (Å²) >= 11 is 0. The standard InChI is InChI=1S/C15H14N4/c1-10-18-14(8-15(16-2)19-10)13-5-3-4-11-9-17-7-6-12(11)13/h3-9H,1-2H3,(H,16,18,19). The molecule has 0 amide bonds. The van der Waals surface area contributed by atoms with Gasteiger partial charge < -0.3 is 5.32 Å². The maximum Gasteiger partial charge on any atom is 0.130 e. The fourth-order valence-corrected chi connectivity index (χ4v) is 2.18. The molecule has 0 unspecified atom stereocenters. The lowest BCUT2D eigenvalue weighted by Crippen LogP contribution is -1.98. The molecular formula is C15H14N4. The lowest BCUT2D eigenvalue weighted by Gasteiger charge is -2.08. The van der Waals surface area contributed by atoms with Crippen LogP contribution in [0.15, 0.2) is 42.7 Å². The number of pyridine rings is 1. The van der Waals surface area contributed by atoms with Crippen molar-refractivity contribution >= 4 is 16.6 Å². The van der Waals surface area contributed by atoms with Gasteiger partial charge in [-0.2, -0.15) is 0 Å². The van der Waals surface area contributed by atoms with Crippen LogP contribution in [0.25, 0.3) is 22.0 Å². The van der Waals surface area contributed by atoms with Crippen LogP contribution in [-0.2, 0) is 0 Å². The van der Waals surface area contributed by atoms with Gasteiger partial charge in [0.25, 0.3) is 0 Å². The molecule has 0 saturated carbocycles. The Morgan fingerprint density at radius 3 is 2.84 bits per heavy atom. The Bertz CT molecular complexity index is 732. The SMILES string of the molecule is CNc1cc(-c2cccc3cnccc23)nc(C)n1. The van der Waals surface area contributed by atoms with Crippen LogP contribution < -0.4 is 5.32 Å². The van der Waals surface area contributed by atoms with Crippen molar-refractivity contribution in [3.63, 3.8) is 0 Å². The quantitative estimate of drug-likeness (QED) is 0.759. The zero-order valence-electron chi connectivity index (χ0n) is 10.9. The predicted octanol–water partition coefficient (Wildman–Crippen LogP) is 3.04. The average Bonchev–Trinajstić information content (AvgIpc) is 2.46. The number of nitrogens with zero attached hydrogens (tertiary/aromatic N) is 3. The molecule has 0 atom stereocenters. The fourth-order valence-electron chi connectivity index (χ4n) is 2.18. The maximum atomic E-state index is 4.53. The van der Waals surface area contributed by atoms with E-state index < -0.39 is 0 Å². The maximum absolute atomic E-state index is 4.53. The second kappa shape index (κ2) is 4.65. The molecule has 0 radical (unpaired) electrons. The summed E-state index contributed by atoms with van der Waals surface area (Å²) in [6.45, 7) is 1.90. The van der Waals surface area contributed by atoms with E-state index in [0.29, 0.717) is 0 Å². The molecule has 0 bridgehead atoms. The van der Waals surface area contributed by atoms with Crippen molar-refractivity contribution in [3.8, 4) is 11.3 Å². The lowest BCUT2D eigenvalue weighted by molar-refractivity contribution is 1.06. The van der Waals surface area contributed by atoms with Crippen molar-refractivity contribution in [2.75, 3.05) is 12.4 Å². The second-order valence-electron chi connectivity index (χ2n) is 4.34. The minimum Gasteiger partial charge on any atom is -0.373 e. The van der Waals surface area contributed by atoms with Crippen LogP contribution in [0.3, 0.4) is 0 Å². The third-order valence-corrected chi connectivity index (χ3v) is 3.05. The summed E-state index contributed by atoms with van der Waals surface area (Å²) in [6.07, 6.45) is 3.67. The van der Waals surface area contributed by atoms with E-state index in [1.807, 2.05) is 38.4 Å². The number of benzene rings is 1. The van der Waals surface area contributed by atoms with Gasteiger partial charge in [0.1, 0.15) is 11.6 Å². The number of anilines is 1. The Morgan fingerprint density at radius 2 is 2.00 bits per heavy atom. The van der Waals surface area contributed by atoms with Gasteiger partial charge >= 0.3 is 0 Å². The van der Waals surface area contributed by atoms with Crippen LogP contribution in [-0.4, -0.2) is 22.0 Å². The molecule has 0 aliphatic heterocycles. The summed E-state index contributed by atoms with van der Waals surface area (Å²) in [5.74, 6) is 1.58. The van der Waals surface area contributed by atoms with Crippen LogP contribution in [0.1, 0.15) is 5.82 Å². The molecule has 1 N–H and O–H groups in total. The first-order valence-corrected chi connectivity index (χ1v) is 6.14. The van der Waals surface area contributed by atoms with E-state index in [1.54, 1.807) is 6.20 Å². The van der Waals surface area contributed by atoms with Crippen LogP contribution in [0, 0.1) is 6.92 Å². The summed E-state index contributed by atoms with van der Waals surface area (Å²) in [4.78, 5) is 13.0. The number of hydrogen-bond donors (Lipinski definition) is 1. The predicted molar refractivity (Wildman–Crippen MR) is 77.1 cm³/mol. The minimum absolute atomic E-state index is 0.757. The molecule has 2 aromatic heterocycles. The molecule has 3 aromatic rings. The zero-order valence-corrected chi connectivity index (χ0v) is 10.9. The first-order chi connectivity index (χ1) is 9.28. The van der Waals surface area contributed by atoms with Crippen LogP contribution >= 0.6 is 0 Å². The van der Waals surface area contributed by atoms with Gasteiger partial charge in [-0.3, -0.25) is 4.98 Å². The number of hydrogen-bond acceptors (Lipinski definition) is 4. The molecule has 0 saturated heterocycles. The van der Waals surface area contributed by atoms with E-state index in [-0.39, 0.29) is 0 Å². The summed E-state index contributed by atoms with van der Waals surface area (Å²) in [5.41, 5.74) is 2.02. The normalized spacial score (nSPS) is 10.6. The average molecular weight is 250 g/mol. The van der Waals surface area contributed by atoms with Crippen molar-refractivity contribution < 1.29 is 0 Å². The molecule has 0 aliphatic carbocycles. The van der Waals surface area contributed by atoms with Gasteiger partial charge in [0, 0.05) is 36.5 Å². The van der Waals surface area contributed by atoms with E-state index in [1.165, 1.54) is 0 Å². The van der Waals surface area contributed by atoms with Crippen LogP contribution in [0.5, 0.6) is 0 Å². The molecular weight excluding hydrogens is 236 g/mol. The van der Waals surface area contributed by atoms with Crippen LogP contribution in [0.4, 0.5) is 5.82 Å². The van der Waals surface area contributed by atoms with Gasteiger partial charge in [-0.25, -0.2) is 9.97 Å². The van der Waals surface area contributed by atoms with Crippen molar-refractivity contribution in [1.82, 2.24) is 15.0 Å². The molecule has 4 nitrogen and oxygen atoms in total. The number of aryl methyl sites for hydroxylation is 1. The lowest BCUT2D eigenvalue weighted by atomic mass is 10.0. The fraction of sp³-hybridized carbons (Fsp3) is 0.133. The van der Waals surface area contributed by atoms with Crippen LogP contribution in [0.2, 0.25) is 0 Å². The van der Waals surface area contributed by atoms with Gasteiger partial charge in [-0.05, 0) is 18.4 Å². The Hall–Kier alpha value is -2.49. The summed E-state index contributed by atoms with van der Waals surface area (Å²) < 4.78 is 0. The Balaban J connectivity index is 2.27. The highest BCUT2D eigenvalue weighted by Crippen LogP contribution is 2.27. The molecule has 0 aliphatic rings. The Kier molecular flexibility index (Phi) is 2.83. The van der Waals surface area contributed by atoms with Crippen molar-refractivity contribution in [2.24, 2.45) is 0 Å².